The van der Waals surface area contributed by atoms with Crippen LogP contribution in [0, 0.1) is 0 Å². The van der Waals surface area contributed by atoms with Crippen LogP contribution in [0.1, 0.15) is 31.1 Å². The summed E-state index contributed by atoms with van der Waals surface area (Å²) in [5.41, 5.74) is 1.52. The van der Waals surface area contributed by atoms with Gasteiger partial charge in [0.25, 0.3) is 0 Å². The Morgan fingerprint density at radius 3 is 3.00 bits per heavy atom. The maximum atomic E-state index is 12.8. The van der Waals surface area contributed by atoms with Crippen LogP contribution in [0.15, 0.2) is 42.9 Å². The minimum atomic E-state index is -0.130. The molecule has 1 atom stereocenters. The molecule has 4 rings (SSSR count). The number of hydrogen-bond acceptors (Lipinski definition) is 4. The molecule has 2 N–H and O–H groups in total. The number of piperidine rings is 1. The van der Waals surface area contributed by atoms with E-state index in [0.717, 1.165) is 41.7 Å². The number of carbonyl (C=O) groups excluding carboxylic acids is 1. The molecule has 0 radical (unpaired) electrons. The Kier molecular flexibility index (Phi) is 3.82. The number of urea groups is 1. The van der Waals surface area contributed by atoms with Gasteiger partial charge in [0.2, 0.25) is 0 Å². The Morgan fingerprint density at radius 1 is 1.21 bits per heavy atom. The highest BCUT2D eigenvalue weighted by Gasteiger charge is 2.30. The molecule has 3 aromatic rings. The molecule has 7 heteroatoms. The molecule has 0 saturated carbocycles. The number of hydrogen-bond donors (Lipinski definition) is 2. The Balaban J connectivity index is 1.60. The largest absolute Gasteiger partial charge is 0.322 e. The van der Waals surface area contributed by atoms with Crippen molar-refractivity contribution in [1.29, 1.82) is 0 Å². The first-order chi connectivity index (χ1) is 11.8. The van der Waals surface area contributed by atoms with Crippen LogP contribution in [0.4, 0.5) is 10.5 Å². The van der Waals surface area contributed by atoms with Gasteiger partial charge >= 0.3 is 6.03 Å². The van der Waals surface area contributed by atoms with E-state index < -0.39 is 0 Å². The van der Waals surface area contributed by atoms with Crippen molar-refractivity contribution in [1.82, 2.24) is 25.1 Å². The average Bonchev–Trinajstić information content (AvgIpc) is 3.16. The fourth-order valence-corrected chi connectivity index (χ4v) is 3.23. The van der Waals surface area contributed by atoms with Gasteiger partial charge in [-0.2, -0.15) is 5.10 Å². The van der Waals surface area contributed by atoms with Gasteiger partial charge in [0.15, 0.2) is 0 Å². The third kappa shape index (κ3) is 2.68. The lowest BCUT2D eigenvalue weighted by Gasteiger charge is -2.34. The number of pyridine rings is 1. The third-order valence-electron chi connectivity index (χ3n) is 4.39. The summed E-state index contributed by atoms with van der Waals surface area (Å²) in [6.07, 6.45) is 6.16. The second-order valence-corrected chi connectivity index (χ2v) is 5.89. The van der Waals surface area contributed by atoms with Crippen molar-refractivity contribution in [3.8, 4) is 0 Å². The second-order valence-electron chi connectivity index (χ2n) is 5.89. The molecule has 3 heterocycles. The Labute approximate surface area is 139 Å². The number of H-pyrrole nitrogens is 1. The molecule has 2 amide bonds. The number of amides is 2. The zero-order valence-corrected chi connectivity index (χ0v) is 13.1. The SMILES string of the molecule is O=C(Nc1cccc2cccnc12)N1CCCC[C@H]1c1ncn[nH]1. The minimum Gasteiger partial charge on any atom is -0.314 e. The predicted molar refractivity (Wildman–Crippen MR) is 90.4 cm³/mol. The first-order valence-corrected chi connectivity index (χ1v) is 8.09. The second kappa shape index (κ2) is 6.27. The Bertz CT molecular complexity index is 842. The predicted octanol–water partition coefficient (Wildman–Crippen LogP) is 3.11. The number of anilines is 1. The third-order valence-corrected chi connectivity index (χ3v) is 4.39. The van der Waals surface area contributed by atoms with Gasteiger partial charge < -0.3 is 10.2 Å². The number of rotatable bonds is 2. The molecular formula is C17H18N6O. The van der Waals surface area contributed by atoms with Crippen molar-refractivity contribution in [3.05, 3.63) is 48.7 Å². The van der Waals surface area contributed by atoms with Gasteiger partial charge in [0, 0.05) is 18.1 Å². The van der Waals surface area contributed by atoms with Gasteiger partial charge in [-0.05, 0) is 31.4 Å². The van der Waals surface area contributed by atoms with Crippen molar-refractivity contribution in [2.45, 2.75) is 25.3 Å². The van der Waals surface area contributed by atoms with Gasteiger partial charge in [0.05, 0.1) is 17.2 Å². The van der Waals surface area contributed by atoms with Crippen LogP contribution >= 0.6 is 0 Å². The summed E-state index contributed by atoms with van der Waals surface area (Å²) in [4.78, 5) is 23.3. The number of likely N-dealkylation sites (tertiary alicyclic amines) is 1. The van der Waals surface area contributed by atoms with Crippen LogP contribution in [-0.4, -0.2) is 37.6 Å². The smallest absolute Gasteiger partial charge is 0.314 e. The molecule has 0 spiro atoms. The van der Waals surface area contributed by atoms with E-state index in [-0.39, 0.29) is 12.1 Å². The number of aromatic nitrogens is 4. The fraction of sp³-hybridized carbons (Fsp3) is 0.294. The molecule has 7 nitrogen and oxygen atoms in total. The molecule has 0 unspecified atom stereocenters. The van der Waals surface area contributed by atoms with Crippen molar-refractivity contribution in [3.63, 3.8) is 0 Å². The zero-order chi connectivity index (χ0) is 16.4. The molecule has 0 bridgehead atoms. The molecule has 2 aromatic heterocycles. The van der Waals surface area contributed by atoms with E-state index in [1.165, 1.54) is 6.33 Å². The number of aromatic amines is 1. The molecule has 122 valence electrons. The van der Waals surface area contributed by atoms with Crippen LogP contribution < -0.4 is 5.32 Å². The van der Waals surface area contributed by atoms with Crippen LogP contribution in [0.2, 0.25) is 0 Å². The topological polar surface area (TPSA) is 86.8 Å². The highest BCUT2D eigenvalue weighted by molar-refractivity contribution is 5.99. The first kappa shape index (κ1) is 14.6. The van der Waals surface area contributed by atoms with E-state index in [1.54, 1.807) is 6.20 Å². The van der Waals surface area contributed by atoms with Crippen LogP contribution in [0.25, 0.3) is 10.9 Å². The van der Waals surface area contributed by atoms with E-state index in [0.29, 0.717) is 6.54 Å². The molecule has 1 fully saturated rings. The van der Waals surface area contributed by atoms with Crippen LogP contribution in [0.5, 0.6) is 0 Å². The van der Waals surface area contributed by atoms with Gasteiger partial charge in [-0.3, -0.25) is 10.1 Å². The summed E-state index contributed by atoms with van der Waals surface area (Å²) in [5, 5.41) is 10.8. The fourth-order valence-electron chi connectivity index (χ4n) is 3.23. The highest BCUT2D eigenvalue weighted by atomic mass is 16.2. The van der Waals surface area contributed by atoms with Crippen LogP contribution in [0.3, 0.4) is 0 Å². The molecule has 24 heavy (non-hydrogen) atoms. The Morgan fingerprint density at radius 2 is 2.12 bits per heavy atom. The standard InChI is InChI=1S/C17H18N6O/c24-17(21-13-7-3-5-12-6-4-9-18-15(12)13)23-10-2-1-8-14(23)16-19-11-20-22-16/h3-7,9,11,14H,1-2,8,10H2,(H,21,24)(H,19,20,22)/t14-/m0/s1. The number of para-hydroxylation sites is 1. The first-order valence-electron chi connectivity index (χ1n) is 8.09. The van der Waals surface area contributed by atoms with Crippen molar-refractivity contribution >= 4 is 22.6 Å². The molecule has 0 aliphatic carbocycles. The quantitative estimate of drug-likeness (QED) is 0.759. The van der Waals surface area contributed by atoms with Gasteiger partial charge in [-0.1, -0.05) is 18.2 Å². The molecular weight excluding hydrogens is 304 g/mol. The van der Waals surface area contributed by atoms with E-state index in [2.05, 4.69) is 25.5 Å². The summed E-state index contributed by atoms with van der Waals surface area (Å²) < 4.78 is 0. The van der Waals surface area contributed by atoms with Gasteiger partial charge in [0.1, 0.15) is 12.2 Å². The number of nitrogens with one attached hydrogen (secondary N) is 2. The van der Waals surface area contributed by atoms with Crippen molar-refractivity contribution in [2.24, 2.45) is 0 Å². The maximum Gasteiger partial charge on any atom is 0.322 e. The lowest BCUT2D eigenvalue weighted by atomic mass is 10.0. The Hall–Kier alpha value is -2.96. The number of carbonyl (C=O) groups is 1. The summed E-state index contributed by atoms with van der Waals surface area (Å²) in [6, 6.07) is 9.45. The number of nitrogens with zero attached hydrogens (tertiary/aromatic N) is 4. The molecule has 1 aromatic carbocycles. The maximum absolute atomic E-state index is 12.8. The molecule has 1 aliphatic heterocycles. The van der Waals surface area contributed by atoms with Crippen molar-refractivity contribution < 1.29 is 4.79 Å². The van der Waals surface area contributed by atoms with E-state index in [9.17, 15) is 4.79 Å². The lowest BCUT2D eigenvalue weighted by Crippen LogP contribution is -2.41. The molecule has 1 aliphatic rings. The highest BCUT2D eigenvalue weighted by Crippen LogP contribution is 2.29. The monoisotopic (exact) mass is 322 g/mol. The average molecular weight is 322 g/mol. The van der Waals surface area contributed by atoms with E-state index >= 15 is 0 Å². The number of benzene rings is 1. The summed E-state index contributed by atoms with van der Waals surface area (Å²) in [5.74, 6) is 0.737. The van der Waals surface area contributed by atoms with Crippen LogP contribution in [-0.2, 0) is 0 Å². The summed E-state index contributed by atoms with van der Waals surface area (Å²) in [7, 11) is 0. The zero-order valence-electron chi connectivity index (χ0n) is 13.1. The van der Waals surface area contributed by atoms with Gasteiger partial charge in [-0.25, -0.2) is 9.78 Å². The van der Waals surface area contributed by atoms with Gasteiger partial charge in [-0.15, -0.1) is 0 Å². The van der Waals surface area contributed by atoms with E-state index in [4.69, 9.17) is 0 Å². The van der Waals surface area contributed by atoms with E-state index in [1.807, 2.05) is 35.2 Å². The summed E-state index contributed by atoms with van der Waals surface area (Å²) >= 11 is 0. The normalized spacial score (nSPS) is 17.8. The molecule has 1 saturated heterocycles. The minimum absolute atomic E-state index is 0.0656. The summed E-state index contributed by atoms with van der Waals surface area (Å²) in [6.45, 7) is 0.704. The number of fused-ring (bicyclic) bond motifs is 1. The lowest BCUT2D eigenvalue weighted by molar-refractivity contribution is 0.159. The van der Waals surface area contributed by atoms with Crippen molar-refractivity contribution in [2.75, 3.05) is 11.9 Å².